The topological polar surface area (TPSA) is 122 Å². The molecular formula is C26H35N3O6S2. The molecule has 1 aliphatic heterocycles. The zero-order chi connectivity index (χ0) is 26.5. The third-order valence-corrected chi connectivity index (χ3v) is 10.3. The van der Waals surface area contributed by atoms with Crippen molar-refractivity contribution in [1.82, 2.24) is 9.03 Å². The Kier molecular flexibility index (Phi) is 9.02. The summed E-state index contributed by atoms with van der Waals surface area (Å²) >= 11 is 0. The van der Waals surface area contributed by atoms with Crippen molar-refractivity contribution in [3.05, 3.63) is 54.6 Å². The summed E-state index contributed by atoms with van der Waals surface area (Å²) in [5, 5.41) is 2.72. The van der Waals surface area contributed by atoms with Gasteiger partial charge in [-0.2, -0.15) is 4.31 Å². The van der Waals surface area contributed by atoms with Crippen LogP contribution in [0.4, 0.5) is 5.69 Å². The van der Waals surface area contributed by atoms with Crippen molar-refractivity contribution in [1.29, 1.82) is 0 Å². The van der Waals surface area contributed by atoms with Crippen LogP contribution >= 0.6 is 0 Å². The molecular weight excluding hydrogens is 514 g/mol. The summed E-state index contributed by atoms with van der Waals surface area (Å²) in [4.78, 5) is 12.7. The summed E-state index contributed by atoms with van der Waals surface area (Å²) in [5.41, 5.74) is 0.566. The predicted octanol–water partition coefficient (Wildman–Crippen LogP) is 3.35. The fourth-order valence-corrected chi connectivity index (χ4v) is 7.65. The summed E-state index contributed by atoms with van der Waals surface area (Å²) in [5.74, 6) is -0.227. The Morgan fingerprint density at radius 1 is 0.919 bits per heavy atom. The first kappa shape index (κ1) is 27.7. The molecule has 2 aromatic rings. The Balaban J connectivity index is 1.51. The molecule has 3 atom stereocenters. The van der Waals surface area contributed by atoms with E-state index < -0.39 is 32.5 Å². The van der Waals surface area contributed by atoms with Gasteiger partial charge >= 0.3 is 0 Å². The van der Waals surface area contributed by atoms with Gasteiger partial charge in [0.25, 0.3) is 0 Å². The Hall–Kier alpha value is -2.31. The predicted molar refractivity (Wildman–Crippen MR) is 141 cm³/mol. The van der Waals surface area contributed by atoms with Crippen LogP contribution in [0.3, 0.4) is 0 Å². The number of carbonyl (C=O) groups is 1. The second-order valence-corrected chi connectivity index (χ2v) is 13.5. The average molecular weight is 550 g/mol. The number of nitrogens with zero attached hydrogens (tertiary/aromatic N) is 1. The van der Waals surface area contributed by atoms with E-state index in [1.54, 1.807) is 24.3 Å². The number of benzene rings is 2. The van der Waals surface area contributed by atoms with Crippen LogP contribution in [-0.2, 0) is 29.6 Å². The van der Waals surface area contributed by atoms with Crippen LogP contribution in [-0.4, -0.2) is 58.9 Å². The Morgan fingerprint density at radius 2 is 1.59 bits per heavy atom. The quantitative estimate of drug-likeness (QED) is 0.469. The van der Waals surface area contributed by atoms with Crippen molar-refractivity contribution in [3.8, 4) is 0 Å². The summed E-state index contributed by atoms with van der Waals surface area (Å²) in [7, 11) is -7.89. The average Bonchev–Trinajstić information content (AvgIpc) is 3.39. The van der Waals surface area contributed by atoms with E-state index in [1.165, 1.54) is 24.3 Å². The lowest BCUT2D eigenvalue weighted by Crippen LogP contribution is -2.42. The first-order chi connectivity index (χ1) is 17.6. The third-order valence-electron chi connectivity index (χ3n) is 7.00. The molecule has 11 heteroatoms. The highest BCUT2D eigenvalue weighted by Crippen LogP contribution is 2.26. The number of rotatable bonds is 10. The summed E-state index contributed by atoms with van der Waals surface area (Å²) in [6.07, 6.45) is 5.06. The van der Waals surface area contributed by atoms with Crippen LogP contribution in [0.25, 0.3) is 0 Å². The number of ether oxygens (including phenoxy) is 1. The largest absolute Gasteiger partial charge is 0.377 e. The normalized spacial score (nSPS) is 22.7. The summed E-state index contributed by atoms with van der Waals surface area (Å²) in [6, 6.07) is 13.8. The molecule has 4 rings (SSSR count). The molecule has 1 saturated heterocycles. The number of nitrogens with one attached hydrogen (secondary N) is 2. The zero-order valence-corrected chi connectivity index (χ0v) is 22.6. The molecule has 9 nitrogen and oxygen atoms in total. The van der Waals surface area contributed by atoms with Crippen LogP contribution in [0, 0.1) is 5.92 Å². The van der Waals surface area contributed by atoms with Crippen molar-refractivity contribution < 1.29 is 26.4 Å². The standard InChI is InChI=1S/C26H35N3O6S2/c1-20-8-5-6-12-25(20)28-36(31,32)23-13-15-24(16-14-23)37(33,34)29(18-22-11-7-17-35-22)19-26(30)27-21-9-3-2-4-10-21/h2-4,9-10,13-16,20,22,25,28H,5-8,11-12,17-19H2,1H3,(H,27,30). The Morgan fingerprint density at radius 3 is 2.24 bits per heavy atom. The molecule has 202 valence electrons. The molecule has 2 N–H and O–H groups in total. The first-order valence-corrected chi connectivity index (χ1v) is 15.7. The lowest BCUT2D eigenvalue weighted by atomic mass is 9.87. The van der Waals surface area contributed by atoms with E-state index in [9.17, 15) is 21.6 Å². The zero-order valence-electron chi connectivity index (χ0n) is 21.0. The number of hydrogen-bond acceptors (Lipinski definition) is 6. The fraction of sp³-hybridized carbons (Fsp3) is 0.500. The Bertz CT molecular complexity index is 1260. The second-order valence-electron chi connectivity index (χ2n) is 9.81. The van der Waals surface area contributed by atoms with Gasteiger partial charge in [0.1, 0.15) is 0 Å². The van der Waals surface area contributed by atoms with Crippen molar-refractivity contribution in [2.45, 2.75) is 67.4 Å². The van der Waals surface area contributed by atoms with Gasteiger partial charge in [0, 0.05) is 24.9 Å². The van der Waals surface area contributed by atoms with E-state index >= 15 is 0 Å². The van der Waals surface area contributed by atoms with Gasteiger partial charge in [-0.25, -0.2) is 21.6 Å². The van der Waals surface area contributed by atoms with Gasteiger partial charge in [0.15, 0.2) is 0 Å². The molecule has 0 spiro atoms. The van der Waals surface area contributed by atoms with Gasteiger partial charge in [0.05, 0.1) is 22.4 Å². The molecule has 1 aliphatic carbocycles. The molecule has 1 saturated carbocycles. The first-order valence-electron chi connectivity index (χ1n) is 12.7. The molecule has 37 heavy (non-hydrogen) atoms. The van der Waals surface area contributed by atoms with E-state index in [2.05, 4.69) is 10.0 Å². The van der Waals surface area contributed by atoms with Crippen LogP contribution < -0.4 is 10.0 Å². The van der Waals surface area contributed by atoms with Crippen LogP contribution in [0.1, 0.15) is 45.4 Å². The van der Waals surface area contributed by atoms with Gasteiger partial charge in [0.2, 0.25) is 26.0 Å². The minimum absolute atomic E-state index is 0.0109. The molecule has 0 radical (unpaired) electrons. The number of carbonyl (C=O) groups excluding carboxylic acids is 1. The van der Waals surface area contributed by atoms with Crippen LogP contribution in [0.15, 0.2) is 64.4 Å². The van der Waals surface area contributed by atoms with Crippen molar-refractivity contribution in [2.75, 3.05) is 25.0 Å². The number of sulfonamides is 2. The maximum Gasteiger partial charge on any atom is 0.243 e. The third kappa shape index (κ3) is 7.17. The molecule has 1 heterocycles. The van der Waals surface area contributed by atoms with E-state index in [-0.39, 0.29) is 34.4 Å². The number of para-hydroxylation sites is 1. The monoisotopic (exact) mass is 549 g/mol. The van der Waals surface area contributed by atoms with Gasteiger partial charge in [-0.3, -0.25) is 4.79 Å². The number of hydrogen-bond donors (Lipinski definition) is 2. The van der Waals surface area contributed by atoms with Gasteiger partial charge in [-0.05, 0) is 68.0 Å². The lowest BCUT2D eigenvalue weighted by molar-refractivity contribution is -0.116. The van der Waals surface area contributed by atoms with E-state index in [4.69, 9.17) is 4.74 Å². The summed E-state index contributed by atoms with van der Waals surface area (Å²) < 4.78 is 62.5. The highest BCUT2D eigenvalue weighted by molar-refractivity contribution is 7.89. The minimum atomic E-state index is -4.10. The van der Waals surface area contributed by atoms with Crippen LogP contribution in [0.5, 0.6) is 0 Å². The second kappa shape index (κ2) is 12.0. The van der Waals surface area contributed by atoms with Crippen molar-refractivity contribution >= 4 is 31.6 Å². The number of amides is 1. The molecule has 1 amide bonds. The van der Waals surface area contributed by atoms with Gasteiger partial charge in [-0.15, -0.1) is 0 Å². The van der Waals surface area contributed by atoms with E-state index in [1.807, 2.05) is 13.0 Å². The van der Waals surface area contributed by atoms with Crippen molar-refractivity contribution in [3.63, 3.8) is 0 Å². The lowest BCUT2D eigenvalue weighted by Gasteiger charge is -2.29. The highest BCUT2D eigenvalue weighted by atomic mass is 32.2. The highest BCUT2D eigenvalue weighted by Gasteiger charge is 2.32. The van der Waals surface area contributed by atoms with E-state index in [0.29, 0.717) is 18.7 Å². The maximum atomic E-state index is 13.6. The Labute approximate surface area is 219 Å². The van der Waals surface area contributed by atoms with Crippen molar-refractivity contribution in [2.24, 2.45) is 5.92 Å². The van der Waals surface area contributed by atoms with Gasteiger partial charge < -0.3 is 10.1 Å². The molecule has 2 fully saturated rings. The van der Waals surface area contributed by atoms with Gasteiger partial charge in [-0.1, -0.05) is 38.0 Å². The fourth-order valence-electron chi connectivity index (χ4n) is 4.84. The smallest absolute Gasteiger partial charge is 0.243 e. The summed E-state index contributed by atoms with van der Waals surface area (Å²) in [6.45, 7) is 2.23. The molecule has 0 bridgehead atoms. The minimum Gasteiger partial charge on any atom is -0.377 e. The molecule has 2 aliphatic rings. The molecule has 2 aromatic carbocycles. The molecule has 0 aromatic heterocycles. The SMILES string of the molecule is CC1CCCCC1NS(=O)(=O)c1ccc(S(=O)(=O)N(CC(=O)Nc2ccccc2)CC2CCCO2)cc1. The number of anilines is 1. The molecule has 3 unspecified atom stereocenters. The van der Waals surface area contributed by atoms with E-state index in [0.717, 1.165) is 36.4 Å². The maximum absolute atomic E-state index is 13.6. The van der Waals surface area contributed by atoms with Crippen LogP contribution in [0.2, 0.25) is 0 Å².